The van der Waals surface area contributed by atoms with E-state index in [1.165, 1.54) is 11.1 Å². The smallest absolute Gasteiger partial charge is 0.228 e. The van der Waals surface area contributed by atoms with Crippen molar-refractivity contribution < 1.29 is 9.53 Å². The van der Waals surface area contributed by atoms with E-state index in [0.717, 1.165) is 31.4 Å². The maximum atomic E-state index is 12.3. The zero-order chi connectivity index (χ0) is 18.4. The number of ether oxygens (including phenoxy) is 1. The number of carbonyl (C=O) groups is 1. The summed E-state index contributed by atoms with van der Waals surface area (Å²) in [7, 11) is 0. The fourth-order valence-electron chi connectivity index (χ4n) is 3.18. The van der Waals surface area contributed by atoms with Gasteiger partial charge in [0.15, 0.2) is 11.6 Å². The molecular formula is C20H26N4O2. The van der Waals surface area contributed by atoms with Crippen molar-refractivity contribution in [2.45, 2.75) is 39.5 Å². The Morgan fingerprint density at radius 2 is 1.65 bits per heavy atom. The molecule has 0 saturated carbocycles. The molecule has 0 spiro atoms. The van der Waals surface area contributed by atoms with Gasteiger partial charge in [0.2, 0.25) is 5.91 Å². The molecule has 1 aromatic heterocycles. The molecule has 2 N–H and O–H groups in total. The van der Waals surface area contributed by atoms with Crippen LogP contribution in [0.5, 0.6) is 0 Å². The number of aryl methyl sites for hydroxylation is 2. The number of aromatic nitrogens is 2. The van der Waals surface area contributed by atoms with Crippen LogP contribution in [0.3, 0.4) is 0 Å². The number of nitrogens with one attached hydrogen (secondary N) is 2. The third kappa shape index (κ3) is 4.38. The third-order valence-corrected chi connectivity index (χ3v) is 4.76. The zero-order valence-electron chi connectivity index (χ0n) is 15.4. The summed E-state index contributed by atoms with van der Waals surface area (Å²) in [6, 6.07) is 9.96. The molecule has 1 aliphatic heterocycles. The average Bonchev–Trinajstić information content (AvgIpc) is 2.70. The molecule has 1 fully saturated rings. The molecule has 1 aromatic carbocycles. The molecule has 1 amide bonds. The molecule has 0 aliphatic carbocycles. The predicted molar refractivity (Wildman–Crippen MR) is 103 cm³/mol. The van der Waals surface area contributed by atoms with E-state index in [4.69, 9.17) is 4.74 Å². The fourth-order valence-corrected chi connectivity index (χ4v) is 3.18. The van der Waals surface area contributed by atoms with Crippen LogP contribution in [-0.4, -0.2) is 29.3 Å². The normalized spacial score (nSPS) is 14.8. The fraction of sp³-hybridized carbons (Fsp3) is 0.450. The number of rotatable bonds is 6. The van der Waals surface area contributed by atoms with E-state index in [9.17, 15) is 4.79 Å². The lowest BCUT2D eigenvalue weighted by molar-refractivity contribution is -0.122. The second-order valence-corrected chi connectivity index (χ2v) is 6.46. The van der Waals surface area contributed by atoms with Gasteiger partial charge in [-0.3, -0.25) is 4.79 Å². The highest BCUT2D eigenvalue weighted by atomic mass is 16.5. The second-order valence-electron chi connectivity index (χ2n) is 6.46. The minimum Gasteiger partial charge on any atom is -0.381 e. The van der Waals surface area contributed by atoms with E-state index in [2.05, 4.69) is 52.9 Å². The molecule has 6 nitrogen and oxygen atoms in total. The Morgan fingerprint density at radius 1 is 1.04 bits per heavy atom. The van der Waals surface area contributed by atoms with Crippen LogP contribution < -0.4 is 10.6 Å². The molecule has 1 saturated heterocycles. The molecule has 0 bridgehead atoms. The van der Waals surface area contributed by atoms with Crippen LogP contribution in [0, 0.1) is 5.92 Å². The molecule has 6 heteroatoms. The minimum absolute atomic E-state index is 0.00657. The summed E-state index contributed by atoms with van der Waals surface area (Å²) in [4.78, 5) is 12.3. The Labute approximate surface area is 154 Å². The third-order valence-electron chi connectivity index (χ3n) is 4.76. The summed E-state index contributed by atoms with van der Waals surface area (Å²) in [5.41, 5.74) is 3.61. The summed E-state index contributed by atoms with van der Waals surface area (Å²) in [6.07, 6.45) is 3.41. The second kappa shape index (κ2) is 8.76. The van der Waals surface area contributed by atoms with Crippen LogP contribution in [0.15, 0.2) is 30.3 Å². The largest absolute Gasteiger partial charge is 0.381 e. The SMILES string of the molecule is CCc1cccc(CC)c1Nc1ccc(NC(=O)C2CCOCC2)nn1. The molecule has 1 aliphatic rings. The Morgan fingerprint density at radius 3 is 2.23 bits per heavy atom. The summed E-state index contributed by atoms with van der Waals surface area (Å²) in [6.45, 7) is 5.56. The summed E-state index contributed by atoms with van der Waals surface area (Å²) in [5, 5.41) is 14.6. The van der Waals surface area contributed by atoms with E-state index in [0.29, 0.717) is 24.8 Å². The van der Waals surface area contributed by atoms with E-state index in [1.54, 1.807) is 6.07 Å². The molecule has 0 atom stereocenters. The Balaban J connectivity index is 1.67. The van der Waals surface area contributed by atoms with E-state index >= 15 is 0 Å². The van der Waals surface area contributed by atoms with Crippen LogP contribution >= 0.6 is 0 Å². The monoisotopic (exact) mass is 354 g/mol. The molecule has 138 valence electrons. The van der Waals surface area contributed by atoms with Gasteiger partial charge >= 0.3 is 0 Å². The van der Waals surface area contributed by atoms with Crippen LogP contribution in [0.1, 0.15) is 37.8 Å². The standard InChI is InChI=1S/C20H26N4O2/c1-3-14-6-5-7-15(4-2)19(14)21-17-8-9-18(24-23-17)22-20(25)16-10-12-26-13-11-16/h5-9,16H,3-4,10-13H2,1-2H3,(H,21,23)(H,22,24,25). The Kier molecular flexibility index (Phi) is 6.17. The van der Waals surface area contributed by atoms with Gasteiger partial charge in [-0.05, 0) is 48.9 Å². The van der Waals surface area contributed by atoms with Gasteiger partial charge in [0.25, 0.3) is 0 Å². The summed E-state index contributed by atoms with van der Waals surface area (Å²) in [5.74, 6) is 1.14. The van der Waals surface area contributed by atoms with E-state index in [1.807, 2.05) is 6.07 Å². The first kappa shape index (κ1) is 18.3. The highest BCUT2D eigenvalue weighted by molar-refractivity contribution is 5.91. The van der Waals surface area contributed by atoms with Crippen LogP contribution in [-0.2, 0) is 22.4 Å². The van der Waals surface area contributed by atoms with Crippen LogP contribution in [0.4, 0.5) is 17.3 Å². The topological polar surface area (TPSA) is 76.1 Å². The maximum absolute atomic E-state index is 12.3. The van der Waals surface area contributed by atoms with E-state index < -0.39 is 0 Å². The molecule has 3 rings (SSSR count). The van der Waals surface area contributed by atoms with Gasteiger partial charge in [0.1, 0.15) is 0 Å². The number of para-hydroxylation sites is 1. The lowest BCUT2D eigenvalue weighted by Gasteiger charge is -2.20. The Hall–Kier alpha value is -2.47. The zero-order valence-corrected chi connectivity index (χ0v) is 15.4. The predicted octanol–water partition coefficient (Wildman–Crippen LogP) is 3.71. The van der Waals surface area contributed by atoms with Crippen molar-refractivity contribution >= 4 is 23.2 Å². The molecule has 2 aromatic rings. The van der Waals surface area contributed by atoms with Crippen LogP contribution in [0.25, 0.3) is 0 Å². The van der Waals surface area contributed by atoms with Crippen molar-refractivity contribution in [1.29, 1.82) is 0 Å². The molecular weight excluding hydrogens is 328 g/mol. The molecule has 0 radical (unpaired) electrons. The number of nitrogens with zero attached hydrogens (tertiary/aromatic N) is 2. The van der Waals surface area contributed by atoms with Gasteiger partial charge in [-0.2, -0.15) is 0 Å². The van der Waals surface area contributed by atoms with Crippen molar-refractivity contribution in [2.24, 2.45) is 5.92 Å². The lowest BCUT2D eigenvalue weighted by atomic mass is 9.99. The van der Waals surface area contributed by atoms with Crippen molar-refractivity contribution in [3.63, 3.8) is 0 Å². The van der Waals surface area contributed by atoms with Gasteiger partial charge in [-0.25, -0.2) is 0 Å². The number of amides is 1. The van der Waals surface area contributed by atoms with Gasteiger partial charge < -0.3 is 15.4 Å². The first-order valence-electron chi connectivity index (χ1n) is 9.31. The average molecular weight is 354 g/mol. The molecule has 2 heterocycles. The van der Waals surface area contributed by atoms with Gasteiger partial charge in [-0.1, -0.05) is 32.0 Å². The van der Waals surface area contributed by atoms with Gasteiger partial charge in [0, 0.05) is 24.8 Å². The van der Waals surface area contributed by atoms with Gasteiger partial charge in [0.05, 0.1) is 0 Å². The van der Waals surface area contributed by atoms with Crippen molar-refractivity contribution in [3.8, 4) is 0 Å². The molecule has 0 unspecified atom stereocenters. The number of carbonyl (C=O) groups excluding carboxylic acids is 1. The quantitative estimate of drug-likeness (QED) is 0.827. The summed E-state index contributed by atoms with van der Waals surface area (Å²) < 4.78 is 5.29. The first-order chi connectivity index (χ1) is 12.7. The van der Waals surface area contributed by atoms with Crippen molar-refractivity contribution in [3.05, 3.63) is 41.5 Å². The van der Waals surface area contributed by atoms with Crippen molar-refractivity contribution in [1.82, 2.24) is 10.2 Å². The lowest BCUT2D eigenvalue weighted by Crippen LogP contribution is -2.28. The minimum atomic E-state index is -0.00750. The number of benzene rings is 1. The number of hydrogen-bond acceptors (Lipinski definition) is 5. The Bertz CT molecular complexity index is 718. The van der Waals surface area contributed by atoms with E-state index in [-0.39, 0.29) is 11.8 Å². The van der Waals surface area contributed by atoms with Gasteiger partial charge in [-0.15, -0.1) is 10.2 Å². The highest BCUT2D eigenvalue weighted by Gasteiger charge is 2.21. The molecule has 26 heavy (non-hydrogen) atoms. The highest BCUT2D eigenvalue weighted by Crippen LogP contribution is 2.26. The number of anilines is 3. The first-order valence-corrected chi connectivity index (χ1v) is 9.31. The maximum Gasteiger partial charge on any atom is 0.228 e. The number of hydrogen-bond donors (Lipinski definition) is 2. The van der Waals surface area contributed by atoms with Crippen molar-refractivity contribution in [2.75, 3.05) is 23.8 Å². The summed E-state index contributed by atoms with van der Waals surface area (Å²) >= 11 is 0. The van der Waals surface area contributed by atoms with Crippen LogP contribution in [0.2, 0.25) is 0 Å².